The third-order valence-electron chi connectivity index (χ3n) is 4.68. The standard InChI is InChI=1S/C22H23N7O/c1-29(2)11-10-24-22(30)15-7-5-6-14(12-15)18-13-25-20(23)19(26-18)21-27-16-8-3-4-9-17(16)28-21/h3-9,12-13H,10-11H2,1-2H3,(H2,23,25)(H,24,30)(H,27,28). The van der Waals surface area contributed by atoms with Crippen molar-refractivity contribution >= 4 is 22.8 Å². The normalized spacial score (nSPS) is 11.2. The molecule has 2 heterocycles. The Kier molecular flexibility index (Phi) is 5.40. The molecule has 2 aromatic carbocycles. The van der Waals surface area contributed by atoms with Gasteiger partial charge in [0, 0.05) is 24.2 Å². The van der Waals surface area contributed by atoms with Crippen LogP contribution in [0.5, 0.6) is 0 Å². The van der Waals surface area contributed by atoms with Crippen molar-refractivity contribution in [3.05, 3.63) is 60.3 Å². The number of rotatable bonds is 6. The molecule has 0 saturated heterocycles. The summed E-state index contributed by atoms with van der Waals surface area (Å²) in [5.74, 6) is 0.718. The molecule has 0 saturated carbocycles. The molecule has 0 bridgehead atoms. The van der Waals surface area contributed by atoms with Gasteiger partial charge in [0.05, 0.1) is 22.9 Å². The number of nitrogen functional groups attached to an aromatic ring is 1. The maximum absolute atomic E-state index is 12.5. The zero-order chi connectivity index (χ0) is 21.1. The van der Waals surface area contributed by atoms with E-state index >= 15 is 0 Å². The van der Waals surface area contributed by atoms with Gasteiger partial charge in [-0.05, 0) is 38.4 Å². The van der Waals surface area contributed by atoms with Gasteiger partial charge in [-0.25, -0.2) is 15.0 Å². The molecule has 152 valence electrons. The number of aromatic amines is 1. The predicted octanol–water partition coefficient (Wildman–Crippen LogP) is 2.56. The van der Waals surface area contributed by atoms with E-state index in [0.29, 0.717) is 29.3 Å². The number of anilines is 1. The molecule has 8 heteroatoms. The number of nitrogens with one attached hydrogen (secondary N) is 2. The maximum atomic E-state index is 12.5. The molecule has 0 aliphatic heterocycles. The minimum absolute atomic E-state index is 0.125. The van der Waals surface area contributed by atoms with Crippen LogP contribution in [-0.2, 0) is 0 Å². The third kappa shape index (κ3) is 4.13. The van der Waals surface area contributed by atoms with Crippen LogP contribution in [0.3, 0.4) is 0 Å². The minimum atomic E-state index is -0.125. The molecule has 30 heavy (non-hydrogen) atoms. The Balaban J connectivity index is 1.63. The lowest BCUT2D eigenvalue weighted by molar-refractivity contribution is 0.0951. The fourth-order valence-corrected chi connectivity index (χ4v) is 3.09. The van der Waals surface area contributed by atoms with E-state index < -0.39 is 0 Å². The lowest BCUT2D eigenvalue weighted by atomic mass is 10.1. The summed E-state index contributed by atoms with van der Waals surface area (Å²) < 4.78 is 0. The number of amides is 1. The number of nitrogens with two attached hydrogens (primary N) is 1. The number of likely N-dealkylation sites (N-methyl/N-ethyl adjacent to an activating group) is 1. The van der Waals surface area contributed by atoms with Gasteiger partial charge in [-0.1, -0.05) is 24.3 Å². The summed E-state index contributed by atoms with van der Waals surface area (Å²) in [4.78, 5) is 31.2. The Bertz CT molecular complexity index is 1170. The number of hydrogen-bond donors (Lipinski definition) is 3. The molecule has 2 aromatic heterocycles. The Labute approximate surface area is 174 Å². The predicted molar refractivity (Wildman–Crippen MR) is 118 cm³/mol. The smallest absolute Gasteiger partial charge is 0.251 e. The van der Waals surface area contributed by atoms with E-state index in [1.807, 2.05) is 55.4 Å². The van der Waals surface area contributed by atoms with Crippen molar-refractivity contribution in [2.24, 2.45) is 0 Å². The molecule has 0 aliphatic rings. The molecule has 0 fully saturated rings. The Morgan fingerprint density at radius 1 is 1.13 bits per heavy atom. The van der Waals surface area contributed by atoms with Gasteiger partial charge >= 0.3 is 0 Å². The second-order valence-electron chi connectivity index (χ2n) is 7.23. The fraction of sp³-hybridized carbons (Fsp3) is 0.182. The van der Waals surface area contributed by atoms with E-state index in [1.54, 1.807) is 18.3 Å². The average Bonchev–Trinajstić information content (AvgIpc) is 3.18. The van der Waals surface area contributed by atoms with Gasteiger partial charge in [-0.2, -0.15) is 0 Å². The lowest BCUT2D eigenvalue weighted by Crippen LogP contribution is -2.31. The van der Waals surface area contributed by atoms with Crippen LogP contribution in [0.1, 0.15) is 10.4 Å². The van der Waals surface area contributed by atoms with Crippen molar-refractivity contribution < 1.29 is 4.79 Å². The van der Waals surface area contributed by atoms with Crippen LogP contribution >= 0.6 is 0 Å². The zero-order valence-electron chi connectivity index (χ0n) is 16.9. The van der Waals surface area contributed by atoms with Crippen LogP contribution in [0.15, 0.2) is 54.7 Å². The molecule has 0 unspecified atom stereocenters. The molecule has 0 spiro atoms. The van der Waals surface area contributed by atoms with Crippen LogP contribution < -0.4 is 11.1 Å². The summed E-state index contributed by atoms with van der Waals surface area (Å²) in [7, 11) is 3.93. The monoisotopic (exact) mass is 401 g/mol. The summed E-state index contributed by atoms with van der Waals surface area (Å²) in [6.45, 7) is 1.35. The summed E-state index contributed by atoms with van der Waals surface area (Å²) in [6.07, 6.45) is 1.60. The van der Waals surface area contributed by atoms with Crippen LogP contribution in [-0.4, -0.2) is 57.9 Å². The van der Waals surface area contributed by atoms with Gasteiger partial charge in [0.1, 0.15) is 5.69 Å². The molecule has 0 aliphatic carbocycles. The largest absolute Gasteiger partial charge is 0.382 e. The number of H-pyrrole nitrogens is 1. The summed E-state index contributed by atoms with van der Waals surface area (Å²) in [6, 6.07) is 15.0. The molecule has 1 amide bonds. The highest BCUT2D eigenvalue weighted by molar-refractivity contribution is 5.95. The highest BCUT2D eigenvalue weighted by Crippen LogP contribution is 2.26. The Morgan fingerprint density at radius 2 is 1.97 bits per heavy atom. The number of imidazole rings is 1. The zero-order valence-corrected chi connectivity index (χ0v) is 16.9. The number of carbonyl (C=O) groups is 1. The van der Waals surface area contributed by atoms with E-state index in [4.69, 9.17) is 5.73 Å². The summed E-state index contributed by atoms with van der Waals surface area (Å²) in [5, 5.41) is 2.92. The van der Waals surface area contributed by atoms with E-state index in [2.05, 4.69) is 25.3 Å². The van der Waals surface area contributed by atoms with Gasteiger partial charge in [0.25, 0.3) is 5.91 Å². The molecule has 0 radical (unpaired) electrons. The third-order valence-corrected chi connectivity index (χ3v) is 4.68. The molecular weight excluding hydrogens is 378 g/mol. The number of fused-ring (bicyclic) bond motifs is 1. The van der Waals surface area contributed by atoms with Gasteiger partial charge < -0.3 is 20.9 Å². The quantitative estimate of drug-likeness (QED) is 0.458. The molecule has 0 atom stereocenters. The highest BCUT2D eigenvalue weighted by Gasteiger charge is 2.14. The highest BCUT2D eigenvalue weighted by atomic mass is 16.1. The number of carbonyl (C=O) groups excluding carboxylic acids is 1. The minimum Gasteiger partial charge on any atom is -0.382 e. The first-order valence-electron chi connectivity index (χ1n) is 9.62. The first-order chi connectivity index (χ1) is 14.5. The van der Waals surface area contributed by atoms with Crippen LogP contribution in [0.25, 0.3) is 33.8 Å². The fourth-order valence-electron chi connectivity index (χ4n) is 3.09. The van der Waals surface area contributed by atoms with Crippen LogP contribution in [0.2, 0.25) is 0 Å². The van der Waals surface area contributed by atoms with E-state index in [9.17, 15) is 4.79 Å². The lowest BCUT2D eigenvalue weighted by Gasteiger charge is -2.11. The molecule has 4 rings (SSSR count). The van der Waals surface area contributed by atoms with Gasteiger partial charge in [-0.3, -0.25) is 4.79 Å². The van der Waals surface area contributed by atoms with Crippen molar-refractivity contribution in [2.45, 2.75) is 0 Å². The SMILES string of the molecule is CN(C)CCNC(=O)c1cccc(-c2cnc(N)c(-c3nc4ccccc4[nH]3)n2)c1. The van der Waals surface area contributed by atoms with Crippen molar-refractivity contribution in [3.63, 3.8) is 0 Å². The first kappa shape index (κ1) is 19.5. The van der Waals surface area contributed by atoms with E-state index in [-0.39, 0.29) is 11.7 Å². The second kappa shape index (κ2) is 8.30. The van der Waals surface area contributed by atoms with Crippen molar-refractivity contribution in [2.75, 3.05) is 32.9 Å². The van der Waals surface area contributed by atoms with Crippen LogP contribution in [0.4, 0.5) is 5.82 Å². The Morgan fingerprint density at radius 3 is 2.77 bits per heavy atom. The van der Waals surface area contributed by atoms with E-state index in [1.165, 1.54) is 0 Å². The second-order valence-corrected chi connectivity index (χ2v) is 7.23. The molecule has 4 N–H and O–H groups in total. The van der Waals surface area contributed by atoms with Crippen molar-refractivity contribution in [3.8, 4) is 22.8 Å². The first-order valence-corrected chi connectivity index (χ1v) is 9.62. The number of nitrogens with zero attached hydrogens (tertiary/aromatic N) is 4. The van der Waals surface area contributed by atoms with Gasteiger partial charge in [0.2, 0.25) is 0 Å². The van der Waals surface area contributed by atoms with E-state index in [0.717, 1.165) is 23.1 Å². The Hall–Kier alpha value is -3.78. The number of hydrogen-bond acceptors (Lipinski definition) is 6. The average molecular weight is 401 g/mol. The van der Waals surface area contributed by atoms with Crippen molar-refractivity contribution in [1.82, 2.24) is 30.2 Å². The number of para-hydroxylation sites is 2. The number of benzene rings is 2. The van der Waals surface area contributed by atoms with Gasteiger partial charge in [0.15, 0.2) is 11.6 Å². The molecule has 8 nitrogen and oxygen atoms in total. The topological polar surface area (TPSA) is 113 Å². The summed E-state index contributed by atoms with van der Waals surface area (Å²) in [5.41, 5.74) is 10.2. The van der Waals surface area contributed by atoms with Crippen LogP contribution in [0, 0.1) is 0 Å². The summed E-state index contributed by atoms with van der Waals surface area (Å²) >= 11 is 0. The maximum Gasteiger partial charge on any atom is 0.251 e. The van der Waals surface area contributed by atoms with Gasteiger partial charge in [-0.15, -0.1) is 0 Å². The number of aromatic nitrogens is 4. The molecule has 4 aromatic rings. The molecular formula is C22H23N7O. The van der Waals surface area contributed by atoms with Crippen molar-refractivity contribution in [1.29, 1.82) is 0 Å².